The van der Waals surface area contributed by atoms with Crippen LogP contribution in [0.2, 0.25) is 0 Å². The maximum absolute atomic E-state index is 12.9. The molecule has 1 N–H and O–H groups in total. The molecule has 0 saturated carbocycles. The lowest BCUT2D eigenvalue weighted by Crippen LogP contribution is -2.38. The number of ether oxygens (including phenoxy) is 1. The minimum absolute atomic E-state index is 0.0960. The molecule has 4 nitrogen and oxygen atoms in total. The summed E-state index contributed by atoms with van der Waals surface area (Å²) in [6.07, 6.45) is 3.25. The molecule has 2 aromatic rings. The van der Waals surface area contributed by atoms with Crippen LogP contribution in [-0.4, -0.2) is 37.6 Å². The van der Waals surface area contributed by atoms with Crippen LogP contribution in [0.1, 0.15) is 49.3 Å². The van der Waals surface area contributed by atoms with Crippen LogP contribution in [0.15, 0.2) is 54.6 Å². The van der Waals surface area contributed by atoms with Crippen molar-refractivity contribution < 1.29 is 9.53 Å². The predicted molar refractivity (Wildman–Crippen MR) is 109 cm³/mol. The van der Waals surface area contributed by atoms with E-state index < -0.39 is 0 Å². The number of amides is 1. The Bertz CT molecular complexity index is 709. The lowest BCUT2D eigenvalue weighted by Gasteiger charge is -2.29. The highest BCUT2D eigenvalue weighted by Crippen LogP contribution is 2.27. The van der Waals surface area contributed by atoms with E-state index in [0.29, 0.717) is 6.54 Å². The number of nitrogens with zero attached hydrogens (tertiary/aromatic N) is 1. The van der Waals surface area contributed by atoms with Gasteiger partial charge >= 0.3 is 0 Å². The average molecular weight is 367 g/mol. The first-order chi connectivity index (χ1) is 13.2. The number of carbonyl (C=O) groups is 1. The van der Waals surface area contributed by atoms with Crippen molar-refractivity contribution in [3.63, 3.8) is 0 Å². The Morgan fingerprint density at radius 2 is 1.70 bits per heavy atom. The second-order valence-corrected chi connectivity index (χ2v) is 7.15. The molecule has 1 heterocycles. The Labute approximate surface area is 162 Å². The van der Waals surface area contributed by atoms with E-state index in [0.717, 1.165) is 30.8 Å². The molecule has 0 bridgehead atoms. The van der Waals surface area contributed by atoms with Crippen molar-refractivity contribution in [2.75, 3.05) is 26.7 Å². The number of methoxy groups -OCH3 is 1. The summed E-state index contributed by atoms with van der Waals surface area (Å²) < 4.78 is 5.28. The summed E-state index contributed by atoms with van der Waals surface area (Å²) in [5.41, 5.74) is 2.31. The van der Waals surface area contributed by atoms with Gasteiger partial charge in [-0.05, 0) is 55.6 Å². The fraction of sp³-hybridized carbons (Fsp3) is 0.435. The van der Waals surface area contributed by atoms with Crippen molar-refractivity contribution in [2.45, 2.75) is 38.1 Å². The maximum Gasteiger partial charge on any atom is 0.227 e. The third kappa shape index (κ3) is 4.89. The van der Waals surface area contributed by atoms with Gasteiger partial charge in [0.25, 0.3) is 0 Å². The van der Waals surface area contributed by atoms with Gasteiger partial charge in [-0.3, -0.25) is 9.69 Å². The van der Waals surface area contributed by atoms with Crippen LogP contribution in [0, 0.1) is 0 Å². The molecule has 144 valence electrons. The van der Waals surface area contributed by atoms with E-state index in [9.17, 15) is 4.79 Å². The third-order valence-corrected chi connectivity index (χ3v) is 5.48. The van der Waals surface area contributed by atoms with E-state index in [-0.39, 0.29) is 17.9 Å². The lowest BCUT2D eigenvalue weighted by atomic mass is 9.95. The van der Waals surface area contributed by atoms with Crippen molar-refractivity contribution in [3.05, 3.63) is 65.7 Å². The SMILES string of the molecule is CC[C@@H](C(=O)NC[C@@H](c1ccc(OC)cc1)N1CCCC1)c1ccccc1. The quantitative estimate of drug-likeness (QED) is 0.763. The van der Waals surface area contributed by atoms with Crippen molar-refractivity contribution in [1.29, 1.82) is 0 Å². The van der Waals surface area contributed by atoms with Crippen molar-refractivity contribution in [1.82, 2.24) is 10.2 Å². The van der Waals surface area contributed by atoms with Crippen LogP contribution in [0.4, 0.5) is 0 Å². The molecule has 1 fully saturated rings. The molecule has 2 atom stereocenters. The fourth-order valence-electron chi connectivity index (χ4n) is 3.92. The zero-order valence-corrected chi connectivity index (χ0v) is 16.4. The molecule has 3 rings (SSSR count). The van der Waals surface area contributed by atoms with E-state index in [4.69, 9.17) is 4.74 Å². The number of benzene rings is 2. The van der Waals surface area contributed by atoms with E-state index in [2.05, 4.69) is 29.3 Å². The molecule has 1 amide bonds. The summed E-state index contributed by atoms with van der Waals surface area (Å²) in [7, 11) is 1.68. The number of hydrogen-bond donors (Lipinski definition) is 1. The number of rotatable bonds is 8. The van der Waals surface area contributed by atoms with Gasteiger partial charge in [0.05, 0.1) is 19.1 Å². The summed E-state index contributed by atoms with van der Waals surface area (Å²) in [6.45, 7) is 4.87. The molecular weight excluding hydrogens is 336 g/mol. The summed E-state index contributed by atoms with van der Waals surface area (Å²) in [5.74, 6) is 0.876. The van der Waals surface area contributed by atoms with Crippen molar-refractivity contribution in [3.8, 4) is 5.75 Å². The number of likely N-dealkylation sites (tertiary alicyclic amines) is 1. The van der Waals surface area contributed by atoms with E-state index in [1.54, 1.807) is 7.11 Å². The third-order valence-electron chi connectivity index (χ3n) is 5.48. The summed E-state index contributed by atoms with van der Waals surface area (Å²) >= 11 is 0. The van der Waals surface area contributed by atoms with Gasteiger partial charge in [0, 0.05) is 6.54 Å². The first-order valence-corrected chi connectivity index (χ1v) is 9.93. The molecule has 1 aliphatic rings. The first-order valence-electron chi connectivity index (χ1n) is 9.93. The van der Waals surface area contributed by atoms with Gasteiger partial charge < -0.3 is 10.1 Å². The van der Waals surface area contributed by atoms with Gasteiger partial charge in [-0.25, -0.2) is 0 Å². The minimum atomic E-state index is -0.0960. The monoisotopic (exact) mass is 366 g/mol. The van der Waals surface area contributed by atoms with E-state index >= 15 is 0 Å². The van der Waals surface area contributed by atoms with E-state index in [1.165, 1.54) is 18.4 Å². The van der Waals surface area contributed by atoms with Gasteiger partial charge in [0.1, 0.15) is 5.75 Å². The molecule has 1 aliphatic heterocycles. The molecule has 4 heteroatoms. The summed E-state index contributed by atoms with van der Waals surface area (Å²) in [6, 6.07) is 18.5. The Morgan fingerprint density at radius 1 is 1.04 bits per heavy atom. The highest BCUT2D eigenvalue weighted by atomic mass is 16.5. The molecular formula is C23H30N2O2. The largest absolute Gasteiger partial charge is 0.497 e. The average Bonchev–Trinajstić information content (AvgIpc) is 3.24. The Morgan fingerprint density at radius 3 is 2.30 bits per heavy atom. The lowest BCUT2D eigenvalue weighted by molar-refractivity contribution is -0.122. The highest BCUT2D eigenvalue weighted by Gasteiger charge is 2.25. The predicted octanol–water partition coefficient (Wildman–Crippen LogP) is 4.14. The van der Waals surface area contributed by atoms with Gasteiger partial charge in [0.15, 0.2) is 0 Å². The zero-order chi connectivity index (χ0) is 19.1. The topological polar surface area (TPSA) is 41.6 Å². The standard InChI is InChI=1S/C23H30N2O2/c1-3-21(18-9-5-4-6-10-18)23(26)24-17-22(25-15-7-8-16-25)19-11-13-20(27-2)14-12-19/h4-6,9-14,21-22H,3,7-8,15-17H2,1-2H3,(H,24,26)/t21-,22+/m1/s1. The highest BCUT2D eigenvalue weighted by molar-refractivity contribution is 5.83. The summed E-state index contributed by atoms with van der Waals surface area (Å²) in [4.78, 5) is 15.4. The second-order valence-electron chi connectivity index (χ2n) is 7.15. The molecule has 2 aromatic carbocycles. The van der Waals surface area contributed by atoms with E-state index in [1.807, 2.05) is 42.5 Å². The smallest absolute Gasteiger partial charge is 0.227 e. The van der Waals surface area contributed by atoms with Gasteiger partial charge in [-0.15, -0.1) is 0 Å². The molecule has 27 heavy (non-hydrogen) atoms. The summed E-state index contributed by atoms with van der Waals surface area (Å²) in [5, 5.41) is 3.22. The first kappa shape index (κ1) is 19.4. The second kappa shape index (κ2) is 9.56. The molecule has 0 aliphatic carbocycles. The number of carbonyl (C=O) groups excluding carboxylic acids is 1. The van der Waals surface area contributed by atoms with Crippen LogP contribution in [0.3, 0.4) is 0 Å². The molecule has 0 spiro atoms. The van der Waals surface area contributed by atoms with Crippen LogP contribution in [0.25, 0.3) is 0 Å². The van der Waals surface area contributed by atoms with Crippen LogP contribution < -0.4 is 10.1 Å². The minimum Gasteiger partial charge on any atom is -0.497 e. The van der Waals surface area contributed by atoms with Crippen LogP contribution >= 0.6 is 0 Å². The number of nitrogens with one attached hydrogen (secondary N) is 1. The fourth-order valence-corrected chi connectivity index (χ4v) is 3.92. The molecule has 0 unspecified atom stereocenters. The molecule has 0 radical (unpaired) electrons. The molecule has 0 aromatic heterocycles. The van der Waals surface area contributed by atoms with Crippen molar-refractivity contribution in [2.24, 2.45) is 0 Å². The normalized spacial score (nSPS) is 16.7. The Hall–Kier alpha value is -2.33. The van der Waals surface area contributed by atoms with Crippen LogP contribution in [-0.2, 0) is 4.79 Å². The van der Waals surface area contributed by atoms with Crippen molar-refractivity contribution >= 4 is 5.91 Å². The van der Waals surface area contributed by atoms with Gasteiger partial charge in [0.2, 0.25) is 5.91 Å². The maximum atomic E-state index is 12.9. The molecule has 1 saturated heterocycles. The zero-order valence-electron chi connectivity index (χ0n) is 16.4. The Kier molecular flexibility index (Phi) is 6.88. The Balaban J connectivity index is 1.70. The number of hydrogen-bond acceptors (Lipinski definition) is 3. The van der Waals surface area contributed by atoms with Gasteiger partial charge in [-0.2, -0.15) is 0 Å². The van der Waals surface area contributed by atoms with Gasteiger partial charge in [-0.1, -0.05) is 49.4 Å². The van der Waals surface area contributed by atoms with Crippen LogP contribution in [0.5, 0.6) is 5.75 Å².